The molecule has 1 aromatic heterocycles. The summed E-state index contributed by atoms with van der Waals surface area (Å²) in [7, 11) is 0. The Bertz CT molecular complexity index is 364. The van der Waals surface area contributed by atoms with Gasteiger partial charge in [0, 0.05) is 6.61 Å². The van der Waals surface area contributed by atoms with Gasteiger partial charge in [0.1, 0.15) is 0 Å². The van der Waals surface area contributed by atoms with Crippen LogP contribution >= 0.6 is 0 Å². The summed E-state index contributed by atoms with van der Waals surface area (Å²) in [6, 6.07) is 0. The van der Waals surface area contributed by atoms with Crippen molar-refractivity contribution in [1.82, 2.24) is 4.98 Å². The highest BCUT2D eigenvalue weighted by Gasteiger charge is 2.35. The maximum atomic E-state index is 10.7. The van der Waals surface area contributed by atoms with E-state index in [1.54, 1.807) is 6.92 Å². The second-order valence-electron chi connectivity index (χ2n) is 4.30. The van der Waals surface area contributed by atoms with Crippen molar-refractivity contribution in [2.24, 2.45) is 0 Å². The second kappa shape index (κ2) is 3.77. The number of hydrogen-bond acceptors (Lipinski definition) is 4. The zero-order valence-corrected chi connectivity index (χ0v) is 9.08. The van der Waals surface area contributed by atoms with E-state index in [9.17, 15) is 4.79 Å². The minimum atomic E-state index is -0.176. The lowest BCUT2D eigenvalue weighted by atomic mass is 9.85. The minimum absolute atomic E-state index is 0.176. The van der Waals surface area contributed by atoms with Gasteiger partial charge in [-0.2, -0.15) is 0 Å². The number of carbonyl (C=O) groups is 1. The van der Waals surface area contributed by atoms with Gasteiger partial charge in [0.25, 0.3) is 0 Å². The predicted molar refractivity (Wildman–Crippen MR) is 54.0 cm³/mol. The first kappa shape index (κ1) is 10.4. The zero-order chi connectivity index (χ0) is 10.9. The van der Waals surface area contributed by atoms with Crippen molar-refractivity contribution in [1.29, 1.82) is 0 Å². The molecule has 0 saturated carbocycles. The summed E-state index contributed by atoms with van der Waals surface area (Å²) in [5.41, 5.74) is 0.483. The van der Waals surface area contributed by atoms with Crippen LogP contribution < -0.4 is 0 Å². The van der Waals surface area contributed by atoms with Crippen molar-refractivity contribution >= 4 is 6.29 Å². The molecule has 1 atom stereocenters. The van der Waals surface area contributed by atoms with E-state index in [2.05, 4.69) is 11.9 Å². The third-order valence-electron chi connectivity index (χ3n) is 2.89. The van der Waals surface area contributed by atoms with E-state index in [4.69, 9.17) is 9.15 Å². The van der Waals surface area contributed by atoms with Crippen molar-refractivity contribution in [3.05, 3.63) is 17.3 Å². The Kier molecular flexibility index (Phi) is 2.61. The van der Waals surface area contributed by atoms with Crippen LogP contribution in [0.25, 0.3) is 0 Å². The van der Waals surface area contributed by atoms with Crippen LogP contribution in [0, 0.1) is 6.92 Å². The lowest BCUT2D eigenvalue weighted by Gasteiger charge is -2.30. The maximum absolute atomic E-state index is 10.7. The average molecular weight is 209 g/mol. The van der Waals surface area contributed by atoms with Crippen LogP contribution in [0.4, 0.5) is 0 Å². The van der Waals surface area contributed by atoms with Crippen molar-refractivity contribution in [2.75, 3.05) is 13.2 Å². The van der Waals surface area contributed by atoms with Crippen molar-refractivity contribution in [3.63, 3.8) is 0 Å². The molecule has 1 aliphatic rings. The van der Waals surface area contributed by atoms with Gasteiger partial charge in [-0.15, -0.1) is 0 Å². The Labute approximate surface area is 88.6 Å². The van der Waals surface area contributed by atoms with Gasteiger partial charge in [0.2, 0.25) is 5.89 Å². The largest absolute Gasteiger partial charge is 0.437 e. The zero-order valence-electron chi connectivity index (χ0n) is 9.08. The average Bonchev–Trinajstić information content (AvgIpc) is 2.61. The van der Waals surface area contributed by atoms with E-state index in [1.807, 2.05) is 0 Å². The highest BCUT2D eigenvalue weighted by Crippen LogP contribution is 2.32. The Balaban J connectivity index is 2.30. The van der Waals surface area contributed by atoms with E-state index in [-0.39, 0.29) is 5.41 Å². The molecule has 0 N–H and O–H groups in total. The Morgan fingerprint density at radius 1 is 1.53 bits per heavy atom. The normalized spacial score (nSPS) is 26.5. The van der Waals surface area contributed by atoms with Gasteiger partial charge in [-0.1, -0.05) is 0 Å². The third kappa shape index (κ3) is 1.81. The Morgan fingerprint density at radius 2 is 2.33 bits per heavy atom. The highest BCUT2D eigenvalue weighted by molar-refractivity contribution is 5.71. The first-order valence-corrected chi connectivity index (χ1v) is 5.16. The third-order valence-corrected chi connectivity index (χ3v) is 2.89. The summed E-state index contributed by atoms with van der Waals surface area (Å²) in [5.74, 6) is 0.957. The lowest BCUT2D eigenvalue weighted by molar-refractivity contribution is 0.0303. The molecule has 15 heavy (non-hydrogen) atoms. The number of ether oxygens (including phenoxy) is 1. The van der Waals surface area contributed by atoms with Crippen molar-refractivity contribution < 1.29 is 13.9 Å². The van der Waals surface area contributed by atoms with E-state index in [0.717, 1.165) is 19.4 Å². The topological polar surface area (TPSA) is 52.3 Å². The molecule has 1 fully saturated rings. The number of nitrogens with zero attached hydrogens (tertiary/aromatic N) is 1. The quantitative estimate of drug-likeness (QED) is 0.698. The first-order valence-electron chi connectivity index (χ1n) is 5.16. The van der Waals surface area contributed by atoms with Crippen LogP contribution in [0.1, 0.15) is 41.9 Å². The lowest BCUT2D eigenvalue weighted by Crippen LogP contribution is -2.33. The fourth-order valence-electron chi connectivity index (χ4n) is 1.88. The Hall–Kier alpha value is -1.16. The van der Waals surface area contributed by atoms with Crippen molar-refractivity contribution in [2.45, 2.75) is 32.1 Å². The first-order chi connectivity index (χ1) is 7.15. The minimum Gasteiger partial charge on any atom is -0.437 e. The summed E-state index contributed by atoms with van der Waals surface area (Å²) in [5, 5.41) is 0. The monoisotopic (exact) mass is 209 g/mol. The summed E-state index contributed by atoms with van der Waals surface area (Å²) in [6.45, 7) is 5.26. The molecule has 4 nitrogen and oxygen atoms in total. The molecule has 0 aromatic carbocycles. The molecular weight excluding hydrogens is 194 g/mol. The molecule has 1 aromatic rings. The van der Waals surface area contributed by atoms with Crippen LogP contribution in [0.5, 0.6) is 0 Å². The van der Waals surface area contributed by atoms with Gasteiger partial charge in [-0.25, -0.2) is 4.98 Å². The summed E-state index contributed by atoms with van der Waals surface area (Å²) in [4.78, 5) is 15.0. The van der Waals surface area contributed by atoms with Gasteiger partial charge in [0.05, 0.1) is 17.7 Å². The number of hydrogen-bond donors (Lipinski definition) is 0. The number of aldehydes is 1. The molecule has 2 rings (SSSR count). The molecule has 0 amide bonds. The van der Waals surface area contributed by atoms with Gasteiger partial charge in [-0.05, 0) is 26.7 Å². The molecule has 1 unspecified atom stereocenters. The van der Waals surface area contributed by atoms with Gasteiger partial charge >= 0.3 is 0 Å². The van der Waals surface area contributed by atoms with Crippen LogP contribution in [-0.2, 0) is 10.2 Å². The molecule has 0 spiro atoms. The smallest absolute Gasteiger partial charge is 0.203 e. The number of oxazole rings is 1. The van der Waals surface area contributed by atoms with E-state index in [1.165, 1.54) is 0 Å². The molecule has 82 valence electrons. The number of aryl methyl sites for hydroxylation is 1. The highest BCUT2D eigenvalue weighted by atomic mass is 16.5. The predicted octanol–water partition coefficient (Wildman–Crippen LogP) is 1.86. The Morgan fingerprint density at radius 3 is 2.87 bits per heavy atom. The molecule has 0 radical (unpaired) electrons. The molecular formula is C11H15NO3. The molecule has 1 saturated heterocycles. The molecule has 1 aliphatic heterocycles. The number of carbonyl (C=O) groups excluding carboxylic acids is 1. The van der Waals surface area contributed by atoms with Crippen LogP contribution in [-0.4, -0.2) is 24.5 Å². The van der Waals surface area contributed by atoms with Gasteiger partial charge in [0.15, 0.2) is 12.0 Å². The second-order valence-corrected chi connectivity index (χ2v) is 4.30. The van der Waals surface area contributed by atoms with Crippen molar-refractivity contribution in [3.8, 4) is 0 Å². The molecule has 2 heterocycles. The maximum Gasteiger partial charge on any atom is 0.203 e. The fourth-order valence-corrected chi connectivity index (χ4v) is 1.88. The van der Waals surface area contributed by atoms with E-state index < -0.39 is 0 Å². The van der Waals surface area contributed by atoms with E-state index in [0.29, 0.717) is 30.2 Å². The van der Waals surface area contributed by atoms with Crippen LogP contribution in [0.3, 0.4) is 0 Å². The summed E-state index contributed by atoms with van der Waals surface area (Å²) >= 11 is 0. The fraction of sp³-hybridized carbons (Fsp3) is 0.636. The molecule has 0 bridgehead atoms. The van der Waals surface area contributed by atoms with Gasteiger partial charge in [-0.3, -0.25) is 4.79 Å². The van der Waals surface area contributed by atoms with E-state index >= 15 is 0 Å². The van der Waals surface area contributed by atoms with Gasteiger partial charge < -0.3 is 9.15 Å². The van der Waals surface area contributed by atoms with Crippen LogP contribution in [0.2, 0.25) is 0 Å². The standard InChI is InChI=1S/C11H15NO3/c1-8-9(6-13)15-10(12-8)11(2)4-3-5-14-7-11/h6H,3-5,7H2,1-2H3. The molecule has 4 heteroatoms. The summed E-state index contributed by atoms with van der Waals surface area (Å²) < 4.78 is 10.9. The van der Waals surface area contributed by atoms with Crippen LogP contribution in [0.15, 0.2) is 4.42 Å². The number of rotatable bonds is 2. The number of aromatic nitrogens is 1. The SMILES string of the molecule is Cc1nc(C2(C)CCCOC2)oc1C=O. The molecule has 0 aliphatic carbocycles. The summed E-state index contributed by atoms with van der Waals surface area (Å²) in [6.07, 6.45) is 2.71.